The molecule has 1 spiro atoms. The van der Waals surface area contributed by atoms with Gasteiger partial charge < -0.3 is 19.8 Å². The summed E-state index contributed by atoms with van der Waals surface area (Å²) in [6.07, 6.45) is 3.35. The number of hydrogen-bond donors (Lipinski definition) is 2. The number of anilines is 1. The van der Waals surface area contributed by atoms with Gasteiger partial charge in [0.1, 0.15) is 5.75 Å². The molecule has 1 aliphatic carbocycles. The molecule has 1 aromatic carbocycles. The van der Waals surface area contributed by atoms with E-state index in [1.165, 1.54) is 0 Å². The largest absolute Gasteiger partial charge is 0.497 e. The zero-order chi connectivity index (χ0) is 17.2. The molecule has 6 nitrogen and oxygen atoms in total. The topological polar surface area (TPSA) is 73.2 Å². The number of methoxy groups -OCH3 is 1. The van der Waals surface area contributed by atoms with Gasteiger partial charge in [0.15, 0.2) is 0 Å². The summed E-state index contributed by atoms with van der Waals surface area (Å²) in [6, 6.07) is 7.64. The first kappa shape index (κ1) is 17.2. The van der Waals surface area contributed by atoms with Gasteiger partial charge in [-0.3, -0.25) is 9.69 Å². The van der Waals surface area contributed by atoms with E-state index in [1.54, 1.807) is 7.11 Å². The summed E-state index contributed by atoms with van der Waals surface area (Å²) in [4.78, 5) is 16.8. The molecule has 1 unspecified atom stereocenters. The van der Waals surface area contributed by atoms with Crippen LogP contribution in [0.25, 0.3) is 0 Å². The van der Waals surface area contributed by atoms with E-state index in [0.29, 0.717) is 6.54 Å². The van der Waals surface area contributed by atoms with Crippen molar-refractivity contribution < 1.29 is 19.7 Å². The molecule has 1 atom stereocenters. The Morgan fingerprint density at radius 2 is 1.92 bits per heavy atom. The van der Waals surface area contributed by atoms with E-state index in [9.17, 15) is 9.90 Å². The third kappa shape index (κ3) is 3.27. The molecule has 2 aliphatic rings. The Balaban J connectivity index is 1.86. The van der Waals surface area contributed by atoms with Crippen LogP contribution in [-0.2, 0) is 4.79 Å². The summed E-state index contributed by atoms with van der Waals surface area (Å²) >= 11 is 0. The Hall–Kier alpha value is -1.63. The SMILES string of the molecule is COc1ccc(N2C(=O)CN(CC(O)CO)CC23CCCC3)cc1. The molecule has 2 fully saturated rings. The molecule has 3 rings (SSSR count). The van der Waals surface area contributed by atoms with Gasteiger partial charge in [-0.15, -0.1) is 0 Å². The number of β-amino-alcohol motifs (C(OH)–C–C–N with tert-alkyl or cyclic N) is 1. The molecule has 24 heavy (non-hydrogen) atoms. The van der Waals surface area contributed by atoms with E-state index < -0.39 is 6.10 Å². The van der Waals surface area contributed by atoms with Gasteiger partial charge in [0.05, 0.1) is 31.9 Å². The standard InChI is InChI=1S/C18H26N2O4/c1-24-16-6-4-14(5-7-16)20-17(23)11-19(10-15(22)12-21)13-18(20)8-2-3-9-18/h4-7,15,21-22H,2-3,8-13H2,1H3. The highest BCUT2D eigenvalue weighted by atomic mass is 16.5. The van der Waals surface area contributed by atoms with Gasteiger partial charge in [0, 0.05) is 18.8 Å². The lowest BCUT2D eigenvalue weighted by atomic mass is 9.90. The van der Waals surface area contributed by atoms with Crippen LogP contribution >= 0.6 is 0 Å². The third-order valence-electron chi connectivity index (χ3n) is 5.15. The summed E-state index contributed by atoms with van der Waals surface area (Å²) < 4.78 is 5.21. The highest BCUT2D eigenvalue weighted by molar-refractivity contribution is 5.97. The molecule has 1 saturated heterocycles. The van der Waals surface area contributed by atoms with E-state index in [2.05, 4.69) is 0 Å². The lowest BCUT2D eigenvalue weighted by molar-refractivity contribution is -0.124. The number of benzene rings is 1. The maximum Gasteiger partial charge on any atom is 0.241 e. The Kier molecular flexibility index (Phi) is 5.08. The smallest absolute Gasteiger partial charge is 0.241 e. The van der Waals surface area contributed by atoms with Gasteiger partial charge in [-0.25, -0.2) is 0 Å². The lowest BCUT2D eigenvalue weighted by Gasteiger charge is -2.49. The summed E-state index contributed by atoms with van der Waals surface area (Å²) in [7, 11) is 1.63. The van der Waals surface area contributed by atoms with Crippen LogP contribution in [-0.4, -0.2) is 66.0 Å². The summed E-state index contributed by atoms with van der Waals surface area (Å²) in [5.74, 6) is 0.829. The minimum absolute atomic E-state index is 0.0541. The van der Waals surface area contributed by atoms with Crippen LogP contribution in [0.15, 0.2) is 24.3 Å². The number of carbonyl (C=O) groups is 1. The number of carbonyl (C=O) groups excluding carboxylic acids is 1. The van der Waals surface area contributed by atoms with Crippen LogP contribution in [0.3, 0.4) is 0 Å². The highest BCUT2D eigenvalue weighted by Crippen LogP contribution is 2.41. The molecule has 1 aromatic rings. The Labute approximate surface area is 142 Å². The molecule has 1 saturated carbocycles. The van der Waals surface area contributed by atoms with Crippen molar-refractivity contribution in [2.45, 2.75) is 37.3 Å². The summed E-state index contributed by atoms with van der Waals surface area (Å²) in [5.41, 5.74) is 0.698. The molecule has 0 bridgehead atoms. The minimum atomic E-state index is -0.802. The first-order valence-corrected chi connectivity index (χ1v) is 8.56. The predicted molar refractivity (Wildman–Crippen MR) is 91.2 cm³/mol. The molecule has 0 radical (unpaired) electrons. The number of amides is 1. The molecule has 2 N–H and O–H groups in total. The van der Waals surface area contributed by atoms with E-state index in [0.717, 1.165) is 43.7 Å². The van der Waals surface area contributed by atoms with Crippen molar-refractivity contribution >= 4 is 11.6 Å². The lowest BCUT2D eigenvalue weighted by Crippen LogP contribution is -2.65. The molecule has 1 heterocycles. The highest BCUT2D eigenvalue weighted by Gasteiger charge is 2.47. The van der Waals surface area contributed by atoms with Gasteiger partial charge in [0.25, 0.3) is 0 Å². The van der Waals surface area contributed by atoms with Crippen molar-refractivity contribution in [3.05, 3.63) is 24.3 Å². The third-order valence-corrected chi connectivity index (χ3v) is 5.15. The van der Waals surface area contributed by atoms with E-state index in [-0.39, 0.29) is 24.6 Å². The molecule has 0 aromatic heterocycles. The fourth-order valence-corrected chi connectivity index (χ4v) is 4.12. The number of rotatable bonds is 5. The van der Waals surface area contributed by atoms with Crippen molar-refractivity contribution in [1.82, 2.24) is 4.90 Å². The zero-order valence-electron chi connectivity index (χ0n) is 14.1. The van der Waals surface area contributed by atoms with E-state index >= 15 is 0 Å². The molecule has 6 heteroatoms. The fraction of sp³-hybridized carbons (Fsp3) is 0.611. The summed E-state index contributed by atoms with van der Waals surface area (Å²) in [5, 5.41) is 18.8. The minimum Gasteiger partial charge on any atom is -0.497 e. The van der Waals surface area contributed by atoms with Crippen molar-refractivity contribution in [2.75, 3.05) is 38.3 Å². The average Bonchev–Trinajstić information content (AvgIpc) is 3.03. The number of hydrogen-bond acceptors (Lipinski definition) is 5. The summed E-state index contributed by atoms with van der Waals surface area (Å²) in [6.45, 7) is 1.06. The van der Waals surface area contributed by atoms with Gasteiger partial charge in [-0.05, 0) is 37.1 Å². The van der Waals surface area contributed by atoms with Gasteiger partial charge >= 0.3 is 0 Å². The van der Waals surface area contributed by atoms with E-state index in [4.69, 9.17) is 9.84 Å². The number of aliphatic hydroxyl groups excluding tert-OH is 2. The van der Waals surface area contributed by atoms with Crippen LogP contribution in [0, 0.1) is 0 Å². The van der Waals surface area contributed by atoms with Crippen LogP contribution in [0.2, 0.25) is 0 Å². The Bertz CT molecular complexity index is 569. The Morgan fingerprint density at radius 3 is 2.50 bits per heavy atom. The molecule has 1 amide bonds. The number of nitrogens with zero attached hydrogens (tertiary/aromatic N) is 2. The second-order valence-corrected chi connectivity index (χ2v) is 6.86. The monoisotopic (exact) mass is 334 g/mol. The van der Waals surface area contributed by atoms with Gasteiger partial charge in [-0.1, -0.05) is 12.8 Å². The van der Waals surface area contributed by atoms with Crippen LogP contribution < -0.4 is 9.64 Å². The van der Waals surface area contributed by atoms with Crippen molar-refractivity contribution in [3.8, 4) is 5.75 Å². The van der Waals surface area contributed by atoms with Gasteiger partial charge in [0.2, 0.25) is 5.91 Å². The number of ether oxygens (including phenoxy) is 1. The second-order valence-electron chi connectivity index (χ2n) is 6.86. The number of aliphatic hydroxyl groups is 2. The van der Waals surface area contributed by atoms with Crippen LogP contribution in [0.4, 0.5) is 5.69 Å². The maximum absolute atomic E-state index is 12.9. The van der Waals surface area contributed by atoms with Crippen LogP contribution in [0.1, 0.15) is 25.7 Å². The zero-order valence-corrected chi connectivity index (χ0v) is 14.1. The van der Waals surface area contributed by atoms with Crippen molar-refractivity contribution in [3.63, 3.8) is 0 Å². The van der Waals surface area contributed by atoms with Crippen molar-refractivity contribution in [1.29, 1.82) is 0 Å². The molecular weight excluding hydrogens is 308 g/mol. The van der Waals surface area contributed by atoms with E-state index in [1.807, 2.05) is 34.1 Å². The average molecular weight is 334 g/mol. The Morgan fingerprint density at radius 1 is 1.25 bits per heavy atom. The normalized spacial score (nSPS) is 22.1. The fourth-order valence-electron chi connectivity index (χ4n) is 4.12. The first-order valence-electron chi connectivity index (χ1n) is 8.56. The molecule has 132 valence electrons. The second kappa shape index (κ2) is 7.09. The number of piperazine rings is 1. The predicted octanol–water partition coefficient (Wildman–Crippen LogP) is 1.01. The molecular formula is C18H26N2O4. The quantitative estimate of drug-likeness (QED) is 0.841. The molecule has 1 aliphatic heterocycles. The van der Waals surface area contributed by atoms with Gasteiger partial charge in [-0.2, -0.15) is 0 Å². The first-order chi connectivity index (χ1) is 11.6. The maximum atomic E-state index is 12.9. The van der Waals surface area contributed by atoms with Crippen molar-refractivity contribution in [2.24, 2.45) is 0 Å². The van der Waals surface area contributed by atoms with Crippen LogP contribution in [0.5, 0.6) is 5.75 Å².